The van der Waals surface area contributed by atoms with E-state index in [9.17, 15) is 4.79 Å². The summed E-state index contributed by atoms with van der Waals surface area (Å²) in [5.74, 6) is 1.24. The Morgan fingerprint density at radius 2 is 2.13 bits per heavy atom. The van der Waals surface area contributed by atoms with Crippen molar-refractivity contribution in [2.75, 3.05) is 13.2 Å². The van der Waals surface area contributed by atoms with Crippen molar-refractivity contribution < 1.29 is 9.53 Å². The van der Waals surface area contributed by atoms with Crippen molar-refractivity contribution in [3.8, 4) is 0 Å². The lowest BCUT2D eigenvalue weighted by molar-refractivity contribution is -0.132. The number of nitrogens with one attached hydrogen (secondary N) is 1. The molecule has 1 aromatic carbocycles. The number of rotatable bonds is 7. The van der Waals surface area contributed by atoms with E-state index in [-0.39, 0.29) is 12.0 Å². The van der Waals surface area contributed by atoms with Crippen LogP contribution in [-0.2, 0) is 21.4 Å². The number of carbonyl (C=O) groups excluding carboxylic acids is 1. The third kappa shape index (κ3) is 3.45. The molecule has 3 nitrogen and oxygen atoms in total. The fourth-order valence-corrected chi connectivity index (χ4v) is 3.92. The highest BCUT2D eigenvalue weighted by Crippen LogP contribution is 2.61. The first kappa shape index (κ1) is 16.5. The fraction of sp³-hybridized carbons (Fsp3) is 0.650. The monoisotopic (exact) mass is 315 g/mol. The summed E-state index contributed by atoms with van der Waals surface area (Å²) in [6.45, 7) is 7.63. The third-order valence-electron chi connectivity index (χ3n) is 5.58. The van der Waals surface area contributed by atoms with Crippen LogP contribution in [0.4, 0.5) is 0 Å². The van der Waals surface area contributed by atoms with Crippen molar-refractivity contribution in [3.63, 3.8) is 0 Å². The van der Waals surface area contributed by atoms with Crippen LogP contribution in [0.2, 0.25) is 0 Å². The van der Waals surface area contributed by atoms with Crippen molar-refractivity contribution in [1.29, 1.82) is 0 Å². The van der Waals surface area contributed by atoms with E-state index in [1.165, 1.54) is 30.4 Å². The van der Waals surface area contributed by atoms with Crippen molar-refractivity contribution in [1.82, 2.24) is 5.32 Å². The minimum absolute atomic E-state index is 0.0297. The maximum atomic E-state index is 12.2. The van der Waals surface area contributed by atoms with Crippen LogP contribution >= 0.6 is 0 Å². The molecule has 3 heteroatoms. The van der Waals surface area contributed by atoms with Gasteiger partial charge in [-0.15, -0.1) is 0 Å². The zero-order chi connectivity index (χ0) is 16.4. The Morgan fingerprint density at radius 3 is 2.91 bits per heavy atom. The van der Waals surface area contributed by atoms with Gasteiger partial charge in [-0.3, -0.25) is 4.79 Å². The lowest BCUT2D eigenvalue weighted by atomic mass is 9.95. The average molecular weight is 315 g/mol. The molecule has 1 fully saturated rings. The summed E-state index contributed by atoms with van der Waals surface area (Å²) in [4.78, 5) is 12.2. The van der Waals surface area contributed by atoms with Crippen LogP contribution in [0.3, 0.4) is 0 Å². The summed E-state index contributed by atoms with van der Waals surface area (Å²) in [5, 5.41) is 3.10. The number of fused-ring (bicyclic) bond motifs is 2. The van der Waals surface area contributed by atoms with Crippen LogP contribution in [0.5, 0.6) is 0 Å². The van der Waals surface area contributed by atoms with Gasteiger partial charge < -0.3 is 10.1 Å². The van der Waals surface area contributed by atoms with Crippen LogP contribution in [-0.4, -0.2) is 25.2 Å². The first-order valence-electron chi connectivity index (χ1n) is 9.00. The summed E-state index contributed by atoms with van der Waals surface area (Å²) in [6.07, 6.45) is 4.30. The summed E-state index contributed by atoms with van der Waals surface area (Å²) in [7, 11) is 0. The first-order chi connectivity index (χ1) is 11.0. The van der Waals surface area contributed by atoms with E-state index >= 15 is 0 Å². The van der Waals surface area contributed by atoms with E-state index in [2.05, 4.69) is 43.4 Å². The Kier molecular flexibility index (Phi) is 4.77. The van der Waals surface area contributed by atoms with Crippen LogP contribution in [0.1, 0.15) is 51.2 Å². The Balaban J connectivity index is 1.45. The molecule has 0 heterocycles. The maximum Gasteiger partial charge on any atom is 0.248 e. The summed E-state index contributed by atoms with van der Waals surface area (Å²) in [6, 6.07) is 8.81. The average Bonchev–Trinajstić information content (AvgIpc) is 3.11. The van der Waals surface area contributed by atoms with Crippen LogP contribution in [0.25, 0.3) is 0 Å². The van der Waals surface area contributed by atoms with E-state index in [1.54, 1.807) is 0 Å². The molecule has 23 heavy (non-hydrogen) atoms. The number of amides is 1. The predicted octanol–water partition coefficient (Wildman–Crippen LogP) is 3.46. The quantitative estimate of drug-likeness (QED) is 0.837. The van der Waals surface area contributed by atoms with Gasteiger partial charge in [-0.25, -0.2) is 0 Å². The molecule has 2 aliphatic rings. The minimum atomic E-state index is -0.348. The summed E-state index contributed by atoms with van der Waals surface area (Å²) in [5.41, 5.74) is 3.39. The minimum Gasteiger partial charge on any atom is -0.369 e. The Labute approximate surface area is 139 Å². The normalized spacial score (nSPS) is 26.3. The molecule has 0 radical (unpaired) electrons. The Morgan fingerprint density at radius 1 is 1.35 bits per heavy atom. The zero-order valence-corrected chi connectivity index (χ0v) is 14.6. The second kappa shape index (κ2) is 6.64. The smallest absolute Gasteiger partial charge is 0.248 e. The Bertz CT molecular complexity index is 569. The van der Waals surface area contributed by atoms with Gasteiger partial charge in [0, 0.05) is 18.6 Å². The van der Waals surface area contributed by atoms with E-state index in [1.807, 2.05) is 6.92 Å². The van der Waals surface area contributed by atoms with Crippen molar-refractivity contribution in [2.24, 2.45) is 11.8 Å². The van der Waals surface area contributed by atoms with Crippen molar-refractivity contribution in [2.45, 2.75) is 58.0 Å². The van der Waals surface area contributed by atoms with Gasteiger partial charge in [-0.05, 0) is 55.6 Å². The van der Waals surface area contributed by atoms with Gasteiger partial charge in [-0.2, -0.15) is 0 Å². The SMILES string of the molecule is CC(C)CCO[C@H](C)C(=O)NC[C@H]1C[C@]12CCc1ccccc12. The second-order valence-electron chi connectivity index (χ2n) is 7.66. The van der Waals surface area contributed by atoms with Gasteiger partial charge in [0.25, 0.3) is 0 Å². The highest BCUT2D eigenvalue weighted by Gasteiger charge is 2.57. The molecule has 1 aromatic rings. The number of hydrogen-bond acceptors (Lipinski definition) is 2. The van der Waals surface area contributed by atoms with Crippen LogP contribution in [0.15, 0.2) is 24.3 Å². The zero-order valence-electron chi connectivity index (χ0n) is 14.6. The van der Waals surface area contributed by atoms with Crippen molar-refractivity contribution >= 4 is 5.91 Å². The van der Waals surface area contributed by atoms with E-state index in [4.69, 9.17) is 4.74 Å². The highest BCUT2D eigenvalue weighted by atomic mass is 16.5. The molecular formula is C20H29NO2. The maximum absolute atomic E-state index is 12.2. The van der Waals surface area contributed by atoms with Gasteiger partial charge >= 0.3 is 0 Å². The lowest BCUT2D eigenvalue weighted by Gasteiger charge is -2.16. The molecule has 0 aromatic heterocycles. The topological polar surface area (TPSA) is 38.3 Å². The molecule has 3 atom stereocenters. The molecule has 0 unspecified atom stereocenters. The van der Waals surface area contributed by atoms with Gasteiger partial charge in [-0.1, -0.05) is 38.1 Å². The third-order valence-corrected chi connectivity index (χ3v) is 5.58. The molecular weight excluding hydrogens is 286 g/mol. The molecule has 3 rings (SSSR count). The fourth-order valence-electron chi connectivity index (χ4n) is 3.92. The van der Waals surface area contributed by atoms with Gasteiger partial charge in [0.15, 0.2) is 0 Å². The molecule has 126 valence electrons. The number of hydrogen-bond donors (Lipinski definition) is 1. The van der Waals surface area contributed by atoms with E-state index < -0.39 is 0 Å². The molecule has 0 bridgehead atoms. The number of benzene rings is 1. The van der Waals surface area contributed by atoms with Gasteiger partial charge in [0.1, 0.15) is 6.10 Å². The molecule has 1 saturated carbocycles. The largest absolute Gasteiger partial charge is 0.369 e. The summed E-state index contributed by atoms with van der Waals surface area (Å²) >= 11 is 0. The van der Waals surface area contributed by atoms with Crippen molar-refractivity contribution in [3.05, 3.63) is 35.4 Å². The van der Waals surface area contributed by atoms with E-state index in [0.29, 0.717) is 23.9 Å². The molecule has 0 saturated heterocycles. The molecule has 1 amide bonds. The number of carbonyl (C=O) groups is 1. The Hall–Kier alpha value is -1.35. The molecule has 0 aliphatic heterocycles. The molecule has 2 aliphatic carbocycles. The highest BCUT2D eigenvalue weighted by molar-refractivity contribution is 5.80. The number of ether oxygens (including phenoxy) is 1. The van der Waals surface area contributed by atoms with Gasteiger partial charge in [0.05, 0.1) is 0 Å². The van der Waals surface area contributed by atoms with Gasteiger partial charge in [0.2, 0.25) is 5.91 Å². The van der Waals surface area contributed by atoms with Crippen LogP contribution in [0, 0.1) is 11.8 Å². The first-order valence-corrected chi connectivity index (χ1v) is 9.00. The predicted molar refractivity (Wildman–Crippen MR) is 92.4 cm³/mol. The van der Waals surface area contributed by atoms with E-state index in [0.717, 1.165) is 13.0 Å². The molecule has 1 spiro atoms. The lowest BCUT2D eigenvalue weighted by Crippen LogP contribution is -2.36. The van der Waals surface area contributed by atoms with Crippen LogP contribution < -0.4 is 5.32 Å². The molecule has 1 N–H and O–H groups in total. The number of aryl methyl sites for hydroxylation is 1. The second-order valence-corrected chi connectivity index (χ2v) is 7.66. The summed E-state index contributed by atoms with van der Waals surface area (Å²) < 4.78 is 5.63. The standard InChI is InChI=1S/C20H29NO2/c1-14(2)9-11-23-15(3)19(22)21-13-17-12-20(17)10-8-16-6-4-5-7-18(16)20/h4-7,14-15,17H,8-13H2,1-3H3,(H,21,22)/t15-,17-,20-/m1/s1.